The molecule has 12 heteroatoms. The van der Waals surface area contributed by atoms with E-state index in [9.17, 15) is 17.8 Å². The van der Waals surface area contributed by atoms with Crippen LogP contribution in [0.1, 0.15) is 0 Å². The summed E-state index contributed by atoms with van der Waals surface area (Å²) in [7, 11) is 2.93. The molecule has 1 heterocycles. The Morgan fingerprint density at radius 3 is 1.79 bits per heavy atom. The lowest BCUT2D eigenvalue weighted by atomic mass is 10.1. The first-order valence-electron chi connectivity index (χ1n) is 9.24. The first-order valence-corrected chi connectivity index (χ1v) is 10.7. The van der Waals surface area contributed by atoms with Crippen molar-refractivity contribution < 1.29 is 45.8 Å². The molecule has 33 heavy (non-hydrogen) atoms. The van der Waals surface area contributed by atoms with Gasteiger partial charge in [-0.2, -0.15) is 8.42 Å². The van der Waals surface area contributed by atoms with E-state index in [-0.39, 0.29) is 45.3 Å². The van der Waals surface area contributed by atoms with Crippen molar-refractivity contribution in [3.8, 4) is 45.8 Å². The molecule has 0 unspecified atom stereocenters. The van der Waals surface area contributed by atoms with E-state index in [1.54, 1.807) is 0 Å². The highest BCUT2D eigenvalue weighted by Gasteiger charge is 2.33. The average Bonchev–Trinajstić information content (AvgIpc) is 2.80. The van der Waals surface area contributed by atoms with Gasteiger partial charge < -0.3 is 32.8 Å². The van der Waals surface area contributed by atoms with Gasteiger partial charge in [0.25, 0.3) is 0 Å². The molecule has 2 aromatic carbocycles. The second kappa shape index (κ2) is 9.08. The van der Waals surface area contributed by atoms with Gasteiger partial charge in [-0.25, -0.2) is 0 Å². The number of hydrogen-bond acceptors (Lipinski definition) is 10. The van der Waals surface area contributed by atoms with E-state index < -0.39 is 26.2 Å². The molecule has 0 fully saturated rings. The van der Waals surface area contributed by atoms with Crippen LogP contribution < -0.4 is 33.8 Å². The van der Waals surface area contributed by atoms with Crippen molar-refractivity contribution in [2.45, 2.75) is 4.90 Å². The zero-order valence-corrected chi connectivity index (χ0v) is 19.5. The normalized spacial score (nSPS) is 11.2. The monoisotopic (exact) mass is 482 g/mol. The molecule has 3 rings (SSSR count). The summed E-state index contributed by atoms with van der Waals surface area (Å²) >= 11 is 0. The van der Waals surface area contributed by atoms with E-state index in [0.29, 0.717) is 5.75 Å². The standard InChI is InChI=1S/C21H22O11S/c1-26-11-8-7-10(9-12(11)27-2)15-21(33(23,24)25)14(22)13-16(28-3)18(29-4)20(31-6)19(30-5)17(13)32-15/h7-9H,1-6H3,(H,23,24,25). The van der Waals surface area contributed by atoms with E-state index >= 15 is 0 Å². The Kier molecular flexibility index (Phi) is 6.60. The van der Waals surface area contributed by atoms with E-state index in [0.717, 1.165) is 0 Å². The molecule has 178 valence electrons. The number of fused-ring (bicyclic) bond motifs is 1. The van der Waals surface area contributed by atoms with Gasteiger partial charge in [-0.15, -0.1) is 0 Å². The van der Waals surface area contributed by atoms with Crippen LogP contribution in [0.4, 0.5) is 0 Å². The number of benzene rings is 2. The molecule has 0 aliphatic carbocycles. The third-order valence-electron chi connectivity index (χ3n) is 4.84. The van der Waals surface area contributed by atoms with Gasteiger partial charge in [0, 0.05) is 5.56 Å². The predicted octanol–water partition coefficient (Wildman–Crippen LogP) is 2.76. The minimum Gasteiger partial charge on any atom is -0.493 e. The lowest BCUT2D eigenvalue weighted by Crippen LogP contribution is -2.17. The van der Waals surface area contributed by atoms with Crippen molar-refractivity contribution >= 4 is 21.1 Å². The van der Waals surface area contributed by atoms with Crippen LogP contribution in [-0.2, 0) is 10.1 Å². The zero-order valence-electron chi connectivity index (χ0n) is 18.7. The van der Waals surface area contributed by atoms with Crippen LogP contribution in [-0.4, -0.2) is 55.6 Å². The third kappa shape index (κ3) is 3.87. The summed E-state index contributed by atoms with van der Waals surface area (Å²) in [5.41, 5.74) is -1.18. The molecule has 0 bridgehead atoms. The summed E-state index contributed by atoms with van der Waals surface area (Å²) in [4.78, 5) is 12.5. The van der Waals surface area contributed by atoms with Gasteiger partial charge in [0.05, 0.1) is 42.7 Å². The molecule has 0 aliphatic heterocycles. The van der Waals surface area contributed by atoms with Crippen LogP contribution in [0.3, 0.4) is 0 Å². The Morgan fingerprint density at radius 1 is 0.758 bits per heavy atom. The van der Waals surface area contributed by atoms with E-state index in [1.807, 2.05) is 0 Å². The van der Waals surface area contributed by atoms with Gasteiger partial charge in [0.15, 0.2) is 33.5 Å². The predicted molar refractivity (Wildman–Crippen MR) is 117 cm³/mol. The Balaban J connectivity index is 2.62. The second-order valence-corrected chi connectivity index (χ2v) is 7.83. The molecule has 0 atom stereocenters. The minimum atomic E-state index is -5.07. The maximum Gasteiger partial charge on any atom is 0.302 e. The van der Waals surface area contributed by atoms with Crippen molar-refractivity contribution in [1.29, 1.82) is 0 Å². The molecule has 0 saturated heterocycles. The van der Waals surface area contributed by atoms with Crippen LogP contribution >= 0.6 is 0 Å². The molecule has 0 amide bonds. The maximum absolute atomic E-state index is 13.5. The maximum atomic E-state index is 13.5. The van der Waals surface area contributed by atoms with Crippen molar-refractivity contribution in [3.63, 3.8) is 0 Å². The average molecular weight is 482 g/mol. The molecule has 1 N–H and O–H groups in total. The number of rotatable bonds is 8. The summed E-state index contributed by atoms with van der Waals surface area (Å²) in [5, 5.41) is -0.330. The largest absolute Gasteiger partial charge is 0.493 e. The molecule has 11 nitrogen and oxygen atoms in total. The van der Waals surface area contributed by atoms with Crippen molar-refractivity contribution in [2.75, 3.05) is 42.7 Å². The number of methoxy groups -OCH3 is 6. The molecule has 0 saturated carbocycles. The van der Waals surface area contributed by atoms with Gasteiger partial charge in [-0.1, -0.05) is 0 Å². The Labute approximate surface area is 189 Å². The first-order chi connectivity index (χ1) is 15.7. The zero-order chi connectivity index (χ0) is 24.5. The van der Waals surface area contributed by atoms with Crippen LogP contribution in [0.2, 0.25) is 0 Å². The fraction of sp³-hybridized carbons (Fsp3) is 0.286. The van der Waals surface area contributed by atoms with E-state index in [4.69, 9.17) is 32.8 Å². The summed E-state index contributed by atoms with van der Waals surface area (Å²) in [6, 6.07) is 4.31. The molecule has 0 aliphatic rings. The number of ether oxygens (including phenoxy) is 6. The van der Waals surface area contributed by atoms with Gasteiger partial charge in [0.1, 0.15) is 5.39 Å². The van der Waals surface area contributed by atoms with Gasteiger partial charge in [0.2, 0.25) is 22.7 Å². The molecule has 3 aromatic rings. The van der Waals surface area contributed by atoms with Gasteiger partial charge in [-0.05, 0) is 18.2 Å². The fourth-order valence-corrected chi connectivity index (χ4v) is 4.19. The summed E-state index contributed by atoms with van der Waals surface area (Å²) in [6.45, 7) is 0. The lowest BCUT2D eigenvalue weighted by molar-refractivity contribution is 0.306. The summed E-state index contributed by atoms with van der Waals surface area (Å²) in [5.74, 6) is -0.0708. The van der Waals surface area contributed by atoms with E-state index in [2.05, 4.69) is 0 Å². The highest BCUT2D eigenvalue weighted by molar-refractivity contribution is 7.86. The molecular weight excluding hydrogens is 460 g/mol. The quantitative estimate of drug-likeness (QED) is 0.474. The van der Waals surface area contributed by atoms with Crippen LogP contribution in [0.5, 0.6) is 34.5 Å². The highest BCUT2D eigenvalue weighted by atomic mass is 32.2. The Hall–Kier alpha value is -3.64. The molecule has 0 spiro atoms. The van der Waals surface area contributed by atoms with Crippen molar-refractivity contribution in [1.82, 2.24) is 0 Å². The topological polar surface area (TPSA) is 140 Å². The summed E-state index contributed by atoms with van der Waals surface area (Å²) in [6.07, 6.45) is 0. The molecule has 0 radical (unpaired) electrons. The van der Waals surface area contributed by atoms with Crippen LogP contribution in [0.25, 0.3) is 22.3 Å². The molecular formula is C21H22O11S. The second-order valence-electron chi connectivity index (χ2n) is 6.47. The van der Waals surface area contributed by atoms with Gasteiger partial charge >= 0.3 is 10.1 Å². The SMILES string of the molecule is COc1ccc(-c2oc3c(OC)c(OC)c(OC)c(OC)c3c(=O)c2S(=O)(=O)O)cc1OC. The lowest BCUT2D eigenvalue weighted by Gasteiger charge is -2.19. The number of hydrogen-bond donors (Lipinski definition) is 1. The fourth-order valence-electron chi connectivity index (χ4n) is 3.46. The minimum absolute atomic E-state index is 0.0307. The summed E-state index contributed by atoms with van der Waals surface area (Å²) < 4.78 is 72.3. The third-order valence-corrected chi connectivity index (χ3v) is 5.73. The Morgan fingerprint density at radius 2 is 1.30 bits per heavy atom. The molecule has 1 aromatic heterocycles. The smallest absolute Gasteiger partial charge is 0.302 e. The van der Waals surface area contributed by atoms with E-state index in [1.165, 1.54) is 60.9 Å². The van der Waals surface area contributed by atoms with Crippen molar-refractivity contribution in [3.05, 3.63) is 28.4 Å². The van der Waals surface area contributed by atoms with Gasteiger partial charge in [-0.3, -0.25) is 9.35 Å². The highest BCUT2D eigenvalue weighted by Crippen LogP contribution is 2.51. The Bertz CT molecular complexity index is 1370. The van der Waals surface area contributed by atoms with Crippen LogP contribution in [0, 0.1) is 0 Å². The van der Waals surface area contributed by atoms with Crippen molar-refractivity contribution in [2.24, 2.45) is 0 Å². The van der Waals surface area contributed by atoms with Crippen LogP contribution in [0.15, 0.2) is 32.3 Å². The first kappa shape index (κ1) is 24.0.